The zero-order chi connectivity index (χ0) is 15.2. The van der Waals surface area contributed by atoms with E-state index in [1.54, 1.807) is 0 Å². The van der Waals surface area contributed by atoms with Gasteiger partial charge in [0.2, 0.25) is 0 Å². The Morgan fingerprint density at radius 2 is 1.90 bits per heavy atom. The fraction of sp³-hybridized carbons (Fsp3) is 0.250. The molecule has 5 heteroatoms. The number of ether oxygens (including phenoxy) is 1. The van der Waals surface area contributed by atoms with Crippen LogP contribution >= 0.6 is 43.5 Å². The van der Waals surface area contributed by atoms with Crippen molar-refractivity contribution in [3.05, 3.63) is 55.9 Å². The minimum absolute atomic E-state index is 0.630. The van der Waals surface area contributed by atoms with Crippen molar-refractivity contribution < 1.29 is 4.74 Å². The highest BCUT2D eigenvalue weighted by molar-refractivity contribution is 9.13. The molecule has 1 N–H and O–H groups in total. The van der Waals surface area contributed by atoms with Gasteiger partial charge in [-0.05, 0) is 74.2 Å². The minimum atomic E-state index is 0.630. The quantitative estimate of drug-likeness (QED) is 0.580. The Kier molecular flexibility index (Phi) is 6.40. The molecule has 0 amide bonds. The SMILES string of the molecule is CCCOc1ccc(NCc2ccc(Br)c(Br)c2)cc1Cl. The van der Waals surface area contributed by atoms with Crippen LogP contribution in [0, 0.1) is 0 Å². The summed E-state index contributed by atoms with van der Waals surface area (Å²) >= 11 is 13.2. The van der Waals surface area contributed by atoms with E-state index in [-0.39, 0.29) is 0 Å². The van der Waals surface area contributed by atoms with E-state index in [0.717, 1.165) is 33.3 Å². The molecular formula is C16H16Br2ClNO. The third kappa shape index (κ3) is 4.90. The Hall–Kier alpha value is -0.710. The second kappa shape index (κ2) is 8.06. The van der Waals surface area contributed by atoms with Crippen LogP contribution in [0.3, 0.4) is 0 Å². The van der Waals surface area contributed by atoms with Crippen molar-refractivity contribution in [2.75, 3.05) is 11.9 Å². The monoisotopic (exact) mass is 431 g/mol. The minimum Gasteiger partial charge on any atom is -0.492 e. The van der Waals surface area contributed by atoms with Gasteiger partial charge in [-0.15, -0.1) is 0 Å². The molecule has 0 aliphatic carbocycles. The van der Waals surface area contributed by atoms with Gasteiger partial charge in [0, 0.05) is 21.2 Å². The molecule has 0 fully saturated rings. The molecule has 2 rings (SSSR count). The first-order valence-electron chi connectivity index (χ1n) is 6.70. The second-order valence-corrected chi connectivity index (χ2v) is 6.71. The van der Waals surface area contributed by atoms with Gasteiger partial charge in [0.05, 0.1) is 11.6 Å². The number of benzene rings is 2. The van der Waals surface area contributed by atoms with Crippen LogP contribution < -0.4 is 10.1 Å². The smallest absolute Gasteiger partial charge is 0.138 e. The van der Waals surface area contributed by atoms with E-state index in [1.165, 1.54) is 5.56 Å². The van der Waals surface area contributed by atoms with Gasteiger partial charge in [-0.1, -0.05) is 24.6 Å². The maximum atomic E-state index is 6.21. The highest BCUT2D eigenvalue weighted by atomic mass is 79.9. The van der Waals surface area contributed by atoms with Gasteiger partial charge in [-0.2, -0.15) is 0 Å². The summed E-state index contributed by atoms with van der Waals surface area (Å²) in [5, 5.41) is 3.99. The first kappa shape index (κ1) is 16.7. The predicted octanol–water partition coefficient (Wildman–Crippen LogP) is 6.27. The third-order valence-corrected chi connectivity index (χ3v) is 5.05. The molecule has 2 aromatic rings. The zero-order valence-electron chi connectivity index (χ0n) is 11.6. The van der Waals surface area contributed by atoms with Crippen molar-refractivity contribution in [2.45, 2.75) is 19.9 Å². The summed E-state index contributed by atoms with van der Waals surface area (Å²) in [6.45, 7) is 3.48. The first-order valence-corrected chi connectivity index (χ1v) is 8.66. The summed E-state index contributed by atoms with van der Waals surface area (Å²) in [5.74, 6) is 0.732. The molecule has 0 radical (unpaired) electrons. The summed E-state index contributed by atoms with van der Waals surface area (Å²) in [6, 6.07) is 11.9. The van der Waals surface area contributed by atoms with Crippen molar-refractivity contribution in [1.82, 2.24) is 0 Å². The Morgan fingerprint density at radius 1 is 1.10 bits per heavy atom. The summed E-state index contributed by atoms with van der Waals surface area (Å²) in [5.41, 5.74) is 2.16. The maximum Gasteiger partial charge on any atom is 0.138 e. The van der Waals surface area contributed by atoms with Crippen LogP contribution in [0.5, 0.6) is 5.75 Å². The normalized spacial score (nSPS) is 10.5. The third-order valence-electron chi connectivity index (χ3n) is 2.87. The molecule has 21 heavy (non-hydrogen) atoms. The van der Waals surface area contributed by atoms with Gasteiger partial charge >= 0.3 is 0 Å². The van der Waals surface area contributed by atoms with Gasteiger partial charge < -0.3 is 10.1 Å². The molecule has 112 valence electrons. The highest BCUT2D eigenvalue weighted by Gasteiger charge is 2.04. The lowest BCUT2D eigenvalue weighted by Gasteiger charge is -2.11. The van der Waals surface area contributed by atoms with Crippen LogP contribution in [0.15, 0.2) is 45.3 Å². The van der Waals surface area contributed by atoms with Crippen LogP contribution in [0.2, 0.25) is 5.02 Å². The molecule has 0 heterocycles. The van der Waals surface area contributed by atoms with Crippen LogP contribution in [0.25, 0.3) is 0 Å². The van der Waals surface area contributed by atoms with Crippen LogP contribution in [-0.2, 0) is 6.54 Å². The molecule has 2 nitrogen and oxygen atoms in total. The van der Waals surface area contributed by atoms with E-state index < -0.39 is 0 Å². The number of hydrogen-bond acceptors (Lipinski definition) is 2. The standard InChI is InChI=1S/C16H16Br2ClNO/c1-2-7-21-16-6-4-12(9-15(16)19)20-10-11-3-5-13(17)14(18)8-11/h3-6,8-9,20H,2,7,10H2,1H3. The van der Waals surface area contributed by atoms with E-state index in [2.05, 4.69) is 56.2 Å². The van der Waals surface area contributed by atoms with Gasteiger partial charge in [-0.25, -0.2) is 0 Å². The zero-order valence-corrected chi connectivity index (χ0v) is 15.6. The summed E-state index contributed by atoms with van der Waals surface area (Å²) in [4.78, 5) is 0. The molecule has 0 aliphatic heterocycles. The van der Waals surface area contributed by atoms with Crippen molar-refractivity contribution in [3.63, 3.8) is 0 Å². The Labute approximate surface area is 147 Å². The molecule has 0 aromatic heterocycles. The molecule has 0 bridgehead atoms. The Morgan fingerprint density at radius 3 is 2.57 bits per heavy atom. The number of rotatable bonds is 6. The average Bonchev–Trinajstić information content (AvgIpc) is 2.47. The van der Waals surface area contributed by atoms with Gasteiger partial charge in [0.15, 0.2) is 0 Å². The topological polar surface area (TPSA) is 21.3 Å². The van der Waals surface area contributed by atoms with Crippen LogP contribution in [0.4, 0.5) is 5.69 Å². The van der Waals surface area contributed by atoms with Crippen molar-refractivity contribution >= 4 is 49.1 Å². The predicted molar refractivity (Wildman–Crippen MR) is 96.4 cm³/mol. The molecule has 2 aromatic carbocycles. The largest absolute Gasteiger partial charge is 0.492 e. The fourth-order valence-corrected chi connectivity index (χ4v) is 2.70. The van der Waals surface area contributed by atoms with Crippen molar-refractivity contribution in [1.29, 1.82) is 0 Å². The summed E-state index contributed by atoms with van der Waals surface area (Å²) in [7, 11) is 0. The Bertz CT molecular complexity index is 619. The molecule has 0 spiro atoms. The lowest BCUT2D eigenvalue weighted by molar-refractivity contribution is 0.317. The summed E-state index contributed by atoms with van der Waals surface area (Å²) in [6.07, 6.45) is 0.967. The van der Waals surface area contributed by atoms with Gasteiger partial charge in [0.25, 0.3) is 0 Å². The first-order chi connectivity index (χ1) is 10.1. The van der Waals surface area contributed by atoms with Crippen molar-refractivity contribution in [2.24, 2.45) is 0 Å². The van der Waals surface area contributed by atoms with E-state index in [9.17, 15) is 0 Å². The second-order valence-electron chi connectivity index (χ2n) is 4.60. The van der Waals surface area contributed by atoms with E-state index >= 15 is 0 Å². The lowest BCUT2D eigenvalue weighted by Crippen LogP contribution is -2.00. The number of anilines is 1. The molecule has 0 unspecified atom stereocenters. The van der Waals surface area contributed by atoms with Gasteiger partial charge in [0.1, 0.15) is 5.75 Å². The van der Waals surface area contributed by atoms with Crippen molar-refractivity contribution in [3.8, 4) is 5.75 Å². The molecule has 0 saturated carbocycles. The van der Waals surface area contributed by atoms with E-state index in [4.69, 9.17) is 16.3 Å². The number of hydrogen-bond donors (Lipinski definition) is 1. The highest BCUT2D eigenvalue weighted by Crippen LogP contribution is 2.28. The van der Waals surface area contributed by atoms with Crippen LogP contribution in [-0.4, -0.2) is 6.61 Å². The molecule has 0 saturated heterocycles. The average molecular weight is 434 g/mol. The van der Waals surface area contributed by atoms with Gasteiger partial charge in [-0.3, -0.25) is 0 Å². The Balaban J connectivity index is 1.99. The lowest BCUT2D eigenvalue weighted by atomic mass is 10.2. The van der Waals surface area contributed by atoms with E-state index in [0.29, 0.717) is 11.6 Å². The molecule has 0 aliphatic rings. The van der Waals surface area contributed by atoms with Crippen LogP contribution in [0.1, 0.15) is 18.9 Å². The number of nitrogens with one attached hydrogen (secondary N) is 1. The van der Waals surface area contributed by atoms with E-state index in [1.807, 2.05) is 24.3 Å². The maximum absolute atomic E-state index is 6.21. The number of halogens is 3. The summed E-state index contributed by atoms with van der Waals surface area (Å²) < 4.78 is 7.65. The fourth-order valence-electron chi connectivity index (χ4n) is 1.79. The molecular weight excluding hydrogens is 417 g/mol. The molecule has 0 atom stereocenters.